The Morgan fingerprint density at radius 3 is 2.88 bits per heavy atom. The lowest BCUT2D eigenvalue weighted by molar-refractivity contribution is 0.103. The molecule has 3 rings (SSSR count). The molecule has 0 spiro atoms. The summed E-state index contributed by atoms with van der Waals surface area (Å²) in [6.45, 7) is 0. The van der Waals surface area contributed by atoms with Gasteiger partial charge < -0.3 is 4.98 Å². The minimum absolute atomic E-state index is 0.115. The Morgan fingerprint density at radius 2 is 2.06 bits per heavy atom. The zero-order valence-corrected chi connectivity index (χ0v) is 8.92. The van der Waals surface area contributed by atoms with Crippen LogP contribution in [0.5, 0.6) is 0 Å². The number of nitrogens with zero attached hydrogens (tertiary/aromatic N) is 2. The van der Waals surface area contributed by atoms with E-state index in [0.717, 1.165) is 10.9 Å². The van der Waals surface area contributed by atoms with Gasteiger partial charge in [0.1, 0.15) is 5.69 Å². The van der Waals surface area contributed by atoms with Gasteiger partial charge in [-0.05, 0) is 6.07 Å². The van der Waals surface area contributed by atoms with Gasteiger partial charge in [0, 0.05) is 35.1 Å². The molecule has 1 N–H and O–H groups in total. The van der Waals surface area contributed by atoms with Crippen LogP contribution in [-0.4, -0.2) is 20.7 Å². The Kier molecular flexibility index (Phi) is 2.19. The smallest absolute Gasteiger partial charge is 0.215 e. The summed E-state index contributed by atoms with van der Waals surface area (Å²) >= 11 is 0. The second kappa shape index (κ2) is 3.83. The van der Waals surface area contributed by atoms with Crippen molar-refractivity contribution in [1.29, 1.82) is 0 Å². The van der Waals surface area contributed by atoms with Crippen molar-refractivity contribution in [2.45, 2.75) is 0 Å². The summed E-state index contributed by atoms with van der Waals surface area (Å²) in [6.07, 6.45) is 6.25. The molecule has 0 saturated carbocycles. The summed E-state index contributed by atoms with van der Waals surface area (Å²) in [5.74, 6) is -0.115. The van der Waals surface area contributed by atoms with Gasteiger partial charge in [-0.15, -0.1) is 0 Å². The number of H-pyrrole nitrogens is 1. The van der Waals surface area contributed by atoms with E-state index in [1.165, 1.54) is 12.4 Å². The van der Waals surface area contributed by atoms with Crippen LogP contribution in [0.25, 0.3) is 10.9 Å². The summed E-state index contributed by atoms with van der Waals surface area (Å²) < 4.78 is 0. The Labute approximate surface area is 97.3 Å². The largest absolute Gasteiger partial charge is 0.360 e. The second-order valence-corrected chi connectivity index (χ2v) is 3.67. The number of rotatable bonds is 2. The second-order valence-electron chi connectivity index (χ2n) is 3.67. The normalized spacial score (nSPS) is 10.6. The van der Waals surface area contributed by atoms with E-state index in [4.69, 9.17) is 0 Å². The first-order chi connectivity index (χ1) is 8.36. The van der Waals surface area contributed by atoms with Gasteiger partial charge in [0.05, 0.1) is 6.20 Å². The van der Waals surface area contributed by atoms with Gasteiger partial charge in [0.2, 0.25) is 5.78 Å². The molecule has 0 atom stereocenters. The zero-order chi connectivity index (χ0) is 11.7. The fourth-order valence-electron chi connectivity index (χ4n) is 1.81. The fraction of sp³-hybridized carbons (Fsp3) is 0. The number of aromatic nitrogens is 3. The molecule has 0 aliphatic carbocycles. The minimum Gasteiger partial charge on any atom is -0.360 e. The van der Waals surface area contributed by atoms with E-state index in [1.807, 2.05) is 24.3 Å². The van der Waals surface area contributed by atoms with Gasteiger partial charge in [0.25, 0.3) is 0 Å². The van der Waals surface area contributed by atoms with Crippen LogP contribution >= 0.6 is 0 Å². The van der Waals surface area contributed by atoms with E-state index in [9.17, 15) is 4.79 Å². The van der Waals surface area contributed by atoms with Crippen LogP contribution in [0.3, 0.4) is 0 Å². The molecule has 0 bridgehead atoms. The third-order valence-electron chi connectivity index (χ3n) is 2.63. The highest BCUT2D eigenvalue weighted by atomic mass is 16.1. The maximum Gasteiger partial charge on any atom is 0.215 e. The molecule has 4 nitrogen and oxygen atoms in total. The number of hydrogen-bond acceptors (Lipinski definition) is 3. The molecule has 0 saturated heterocycles. The Morgan fingerprint density at radius 1 is 1.18 bits per heavy atom. The number of para-hydroxylation sites is 1. The van der Waals surface area contributed by atoms with E-state index >= 15 is 0 Å². The van der Waals surface area contributed by atoms with Crippen LogP contribution in [0.2, 0.25) is 0 Å². The lowest BCUT2D eigenvalue weighted by Crippen LogP contribution is -2.03. The first-order valence-electron chi connectivity index (χ1n) is 5.23. The van der Waals surface area contributed by atoms with Crippen LogP contribution in [0.1, 0.15) is 16.1 Å². The lowest BCUT2D eigenvalue weighted by Gasteiger charge is -1.97. The first kappa shape index (κ1) is 9.72. The fourth-order valence-corrected chi connectivity index (χ4v) is 1.81. The highest BCUT2D eigenvalue weighted by molar-refractivity contribution is 6.15. The predicted molar refractivity (Wildman–Crippen MR) is 63.8 cm³/mol. The quantitative estimate of drug-likeness (QED) is 0.677. The van der Waals surface area contributed by atoms with Gasteiger partial charge in [-0.1, -0.05) is 18.2 Å². The third kappa shape index (κ3) is 1.59. The number of ketones is 1. The van der Waals surface area contributed by atoms with Gasteiger partial charge in [-0.3, -0.25) is 9.78 Å². The van der Waals surface area contributed by atoms with E-state index in [-0.39, 0.29) is 5.78 Å². The molecular formula is C13H9N3O. The van der Waals surface area contributed by atoms with Crippen LogP contribution in [0.15, 0.2) is 49.1 Å². The SMILES string of the molecule is O=C(c1cnccn1)c1c[nH]c2ccccc12. The highest BCUT2D eigenvalue weighted by Crippen LogP contribution is 2.19. The van der Waals surface area contributed by atoms with Crippen LogP contribution in [-0.2, 0) is 0 Å². The minimum atomic E-state index is -0.115. The van der Waals surface area contributed by atoms with Crippen molar-refractivity contribution in [3.63, 3.8) is 0 Å². The first-order valence-corrected chi connectivity index (χ1v) is 5.23. The number of carbonyl (C=O) groups is 1. The molecule has 0 aliphatic rings. The third-order valence-corrected chi connectivity index (χ3v) is 2.63. The Hall–Kier alpha value is -2.49. The van der Waals surface area contributed by atoms with Crippen LogP contribution < -0.4 is 0 Å². The van der Waals surface area contributed by atoms with Crippen molar-refractivity contribution in [3.8, 4) is 0 Å². The van der Waals surface area contributed by atoms with Crippen molar-refractivity contribution in [2.24, 2.45) is 0 Å². The molecule has 2 aromatic heterocycles. The molecule has 1 aromatic carbocycles. The molecule has 17 heavy (non-hydrogen) atoms. The van der Waals surface area contributed by atoms with Crippen molar-refractivity contribution in [3.05, 3.63) is 60.3 Å². The van der Waals surface area contributed by atoms with Crippen molar-refractivity contribution >= 4 is 16.7 Å². The number of benzene rings is 1. The van der Waals surface area contributed by atoms with E-state index in [1.54, 1.807) is 12.4 Å². The molecule has 0 fully saturated rings. The summed E-state index contributed by atoms with van der Waals surface area (Å²) in [4.78, 5) is 23.2. The molecule has 82 valence electrons. The molecule has 0 radical (unpaired) electrons. The molecule has 0 aliphatic heterocycles. The molecule has 4 heteroatoms. The van der Waals surface area contributed by atoms with E-state index < -0.39 is 0 Å². The van der Waals surface area contributed by atoms with Crippen LogP contribution in [0, 0.1) is 0 Å². The topological polar surface area (TPSA) is 58.6 Å². The van der Waals surface area contributed by atoms with Crippen LogP contribution in [0.4, 0.5) is 0 Å². The molecular weight excluding hydrogens is 214 g/mol. The lowest BCUT2D eigenvalue weighted by atomic mass is 10.1. The van der Waals surface area contributed by atoms with Crippen molar-refractivity contribution < 1.29 is 4.79 Å². The number of nitrogens with one attached hydrogen (secondary N) is 1. The van der Waals surface area contributed by atoms with Gasteiger partial charge >= 0.3 is 0 Å². The predicted octanol–water partition coefficient (Wildman–Crippen LogP) is 2.19. The monoisotopic (exact) mass is 223 g/mol. The number of fused-ring (bicyclic) bond motifs is 1. The van der Waals surface area contributed by atoms with Gasteiger partial charge in [-0.25, -0.2) is 4.98 Å². The summed E-state index contributed by atoms with van der Waals surface area (Å²) in [5.41, 5.74) is 1.93. The number of hydrogen-bond donors (Lipinski definition) is 1. The average molecular weight is 223 g/mol. The summed E-state index contributed by atoms with van der Waals surface area (Å²) in [6, 6.07) is 7.68. The zero-order valence-electron chi connectivity index (χ0n) is 8.92. The summed E-state index contributed by atoms with van der Waals surface area (Å²) in [7, 11) is 0. The Bertz CT molecular complexity index is 673. The Balaban J connectivity index is 2.14. The van der Waals surface area contributed by atoms with Crippen molar-refractivity contribution in [1.82, 2.24) is 15.0 Å². The van der Waals surface area contributed by atoms with E-state index in [0.29, 0.717) is 11.3 Å². The van der Waals surface area contributed by atoms with Crippen molar-refractivity contribution in [2.75, 3.05) is 0 Å². The number of carbonyl (C=O) groups excluding carboxylic acids is 1. The molecule has 0 amide bonds. The molecule has 3 aromatic rings. The van der Waals surface area contributed by atoms with Gasteiger partial charge in [-0.2, -0.15) is 0 Å². The van der Waals surface area contributed by atoms with Gasteiger partial charge in [0.15, 0.2) is 0 Å². The maximum absolute atomic E-state index is 12.2. The van der Waals surface area contributed by atoms with E-state index in [2.05, 4.69) is 15.0 Å². The highest BCUT2D eigenvalue weighted by Gasteiger charge is 2.14. The molecule has 0 unspecified atom stereocenters. The average Bonchev–Trinajstić information content (AvgIpc) is 2.83. The summed E-state index contributed by atoms with van der Waals surface area (Å²) in [5, 5.41) is 0.906. The number of aromatic amines is 1. The maximum atomic E-state index is 12.2. The standard InChI is InChI=1S/C13H9N3O/c17-13(12-8-14-5-6-15-12)10-7-16-11-4-2-1-3-9(10)11/h1-8,16H. The molecule has 2 heterocycles.